The van der Waals surface area contributed by atoms with Gasteiger partial charge in [-0.3, -0.25) is 14.4 Å². The third-order valence-electron chi connectivity index (χ3n) is 5.17. The number of thioether (sulfide) groups is 3. The molecule has 0 radical (unpaired) electrons. The number of carbonyl (C=O) groups is 3. The van der Waals surface area contributed by atoms with E-state index in [4.69, 9.17) is 14.2 Å². The Morgan fingerprint density at radius 3 is 1.80 bits per heavy atom. The SMILES string of the molecule is CC(=O)O[C@H]1[C@@H]([C@@H](OC(C)=O)C(SCc2ccccc2)SCc2ccccc2)SC[C@H]1OC(C)=O. The molecule has 6 nitrogen and oxygen atoms in total. The fourth-order valence-electron chi connectivity index (χ4n) is 3.75. The highest BCUT2D eigenvalue weighted by molar-refractivity contribution is 8.16. The Balaban J connectivity index is 1.87. The predicted molar refractivity (Wildman–Crippen MR) is 142 cm³/mol. The second-order valence-corrected chi connectivity index (χ2v) is 11.8. The molecule has 0 unspecified atom stereocenters. The molecule has 0 aromatic heterocycles. The van der Waals surface area contributed by atoms with Crippen molar-refractivity contribution in [3.05, 3.63) is 71.8 Å². The van der Waals surface area contributed by atoms with Crippen molar-refractivity contribution in [2.24, 2.45) is 0 Å². The molecule has 0 amide bonds. The summed E-state index contributed by atoms with van der Waals surface area (Å²) in [5.74, 6) is 0.609. The largest absolute Gasteiger partial charge is 0.459 e. The smallest absolute Gasteiger partial charge is 0.303 e. The van der Waals surface area contributed by atoms with Crippen LogP contribution in [0.3, 0.4) is 0 Å². The number of hydrogen-bond donors (Lipinski definition) is 0. The highest BCUT2D eigenvalue weighted by Crippen LogP contribution is 2.43. The van der Waals surface area contributed by atoms with Crippen LogP contribution in [0.2, 0.25) is 0 Å². The monoisotopic (exact) mass is 534 g/mol. The van der Waals surface area contributed by atoms with Gasteiger partial charge in [0.15, 0.2) is 6.10 Å². The van der Waals surface area contributed by atoms with Gasteiger partial charge in [-0.05, 0) is 11.1 Å². The van der Waals surface area contributed by atoms with Gasteiger partial charge in [-0.25, -0.2) is 0 Å². The Labute approximate surface area is 219 Å². The Morgan fingerprint density at radius 2 is 1.34 bits per heavy atom. The molecule has 2 aromatic carbocycles. The maximum absolute atomic E-state index is 12.2. The molecule has 9 heteroatoms. The minimum Gasteiger partial charge on any atom is -0.459 e. The van der Waals surface area contributed by atoms with Crippen LogP contribution in [-0.2, 0) is 40.1 Å². The first-order valence-electron chi connectivity index (χ1n) is 11.3. The van der Waals surface area contributed by atoms with E-state index in [0.717, 1.165) is 22.6 Å². The molecule has 0 saturated carbocycles. The average Bonchev–Trinajstić information content (AvgIpc) is 3.19. The molecular weight excluding hydrogens is 504 g/mol. The Kier molecular flexibility index (Phi) is 10.9. The first kappa shape index (κ1) is 27.5. The molecule has 1 fully saturated rings. The lowest BCUT2D eigenvalue weighted by molar-refractivity contribution is -0.165. The van der Waals surface area contributed by atoms with Crippen molar-refractivity contribution < 1.29 is 28.6 Å². The third-order valence-corrected chi connectivity index (χ3v) is 9.62. The van der Waals surface area contributed by atoms with E-state index >= 15 is 0 Å². The van der Waals surface area contributed by atoms with Crippen LogP contribution in [0.4, 0.5) is 0 Å². The van der Waals surface area contributed by atoms with E-state index in [-0.39, 0.29) is 9.83 Å². The van der Waals surface area contributed by atoms with Gasteiger partial charge in [-0.2, -0.15) is 0 Å². The van der Waals surface area contributed by atoms with Crippen LogP contribution < -0.4 is 0 Å². The summed E-state index contributed by atoms with van der Waals surface area (Å²) in [6, 6.07) is 20.2. The maximum Gasteiger partial charge on any atom is 0.303 e. The van der Waals surface area contributed by atoms with Gasteiger partial charge in [-0.15, -0.1) is 35.3 Å². The average molecular weight is 535 g/mol. The van der Waals surface area contributed by atoms with Gasteiger partial charge in [-0.1, -0.05) is 60.7 Å². The maximum atomic E-state index is 12.2. The van der Waals surface area contributed by atoms with Gasteiger partial charge >= 0.3 is 17.9 Å². The van der Waals surface area contributed by atoms with Gasteiger partial charge in [0.2, 0.25) is 0 Å². The molecule has 0 bridgehead atoms. The number of esters is 3. The van der Waals surface area contributed by atoms with E-state index in [9.17, 15) is 14.4 Å². The van der Waals surface area contributed by atoms with Crippen LogP contribution in [0.15, 0.2) is 60.7 Å². The molecule has 35 heavy (non-hydrogen) atoms. The molecule has 1 heterocycles. The van der Waals surface area contributed by atoms with Gasteiger partial charge in [0.1, 0.15) is 12.2 Å². The molecule has 1 aliphatic heterocycles. The van der Waals surface area contributed by atoms with Crippen molar-refractivity contribution in [1.82, 2.24) is 0 Å². The normalized spacial score (nSPS) is 20.3. The number of hydrogen-bond acceptors (Lipinski definition) is 9. The molecule has 3 rings (SSSR count). The van der Waals surface area contributed by atoms with E-state index in [1.54, 1.807) is 23.5 Å². The molecule has 0 N–H and O–H groups in total. The zero-order valence-electron chi connectivity index (χ0n) is 20.0. The zero-order valence-corrected chi connectivity index (χ0v) is 22.4. The fourth-order valence-corrected chi connectivity index (χ4v) is 8.16. The summed E-state index contributed by atoms with van der Waals surface area (Å²) in [5.41, 5.74) is 2.33. The van der Waals surface area contributed by atoms with E-state index in [0.29, 0.717) is 5.75 Å². The molecule has 0 aliphatic carbocycles. The Bertz CT molecular complexity index is 928. The predicted octanol–water partition coefficient (Wildman–Crippen LogP) is 5.09. The Morgan fingerprint density at radius 1 is 0.829 bits per heavy atom. The van der Waals surface area contributed by atoms with Crippen molar-refractivity contribution in [1.29, 1.82) is 0 Å². The van der Waals surface area contributed by atoms with Crippen molar-refractivity contribution in [3.8, 4) is 0 Å². The quantitative estimate of drug-likeness (QED) is 0.222. The van der Waals surface area contributed by atoms with Gasteiger partial charge < -0.3 is 14.2 Å². The van der Waals surface area contributed by atoms with Crippen molar-refractivity contribution in [3.63, 3.8) is 0 Å². The Hall–Kier alpha value is -2.10. The standard InChI is InChI=1S/C26H30O6S3/c1-17(27)30-22-16-33-25(23(22)31-18(2)28)24(32-19(3)29)26(34-14-20-10-6-4-7-11-20)35-15-21-12-8-5-9-13-21/h4-13,22-26H,14-16H2,1-3H3/t22-,23-,24-,25+/m1/s1. The van der Waals surface area contributed by atoms with Crippen LogP contribution in [-0.4, -0.2) is 51.8 Å². The highest BCUT2D eigenvalue weighted by atomic mass is 32.2. The van der Waals surface area contributed by atoms with E-state index in [2.05, 4.69) is 24.3 Å². The molecule has 4 atom stereocenters. The van der Waals surface area contributed by atoms with Crippen LogP contribution in [0.25, 0.3) is 0 Å². The highest BCUT2D eigenvalue weighted by Gasteiger charge is 2.49. The topological polar surface area (TPSA) is 78.9 Å². The van der Waals surface area contributed by atoms with Gasteiger partial charge in [0.25, 0.3) is 0 Å². The third kappa shape index (κ3) is 8.81. The van der Waals surface area contributed by atoms with Crippen molar-refractivity contribution in [2.45, 2.75) is 60.4 Å². The number of carbonyl (C=O) groups excluding carboxylic acids is 3. The van der Waals surface area contributed by atoms with Crippen LogP contribution in [0, 0.1) is 0 Å². The number of benzene rings is 2. The lowest BCUT2D eigenvalue weighted by Gasteiger charge is -2.33. The summed E-state index contributed by atoms with van der Waals surface area (Å²) >= 11 is 4.89. The molecule has 0 spiro atoms. The lowest BCUT2D eigenvalue weighted by atomic mass is 10.1. The number of ether oxygens (including phenoxy) is 3. The van der Waals surface area contributed by atoms with Crippen LogP contribution >= 0.6 is 35.3 Å². The molecule has 1 aliphatic rings. The first-order chi connectivity index (χ1) is 16.8. The molecule has 1 saturated heterocycles. The molecular formula is C26H30O6S3. The zero-order chi connectivity index (χ0) is 25.2. The summed E-state index contributed by atoms with van der Waals surface area (Å²) in [7, 11) is 0. The van der Waals surface area contributed by atoms with Crippen LogP contribution in [0.1, 0.15) is 31.9 Å². The summed E-state index contributed by atoms with van der Waals surface area (Å²) in [6.07, 6.45) is -1.86. The van der Waals surface area contributed by atoms with Crippen molar-refractivity contribution in [2.75, 3.05) is 5.75 Å². The molecule has 2 aromatic rings. The minimum absolute atomic E-state index is 0.147. The van der Waals surface area contributed by atoms with E-state index < -0.39 is 36.2 Å². The number of rotatable bonds is 11. The molecule has 188 valence electrons. The second-order valence-electron chi connectivity index (χ2n) is 8.06. The van der Waals surface area contributed by atoms with Crippen LogP contribution in [0.5, 0.6) is 0 Å². The van der Waals surface area contributed by atoms with Crippen molar-refractivity contribution >= 4 is 53.2 Å². The summed E-state index contributed by atoms with van der Waals surface area (Å²) in [4.78, 5) is 35.8. The van der Waals surface area contributed by atoms with E-state index in [1.807, 2.05) is 36.4 Å². The minimum atomic E-state index is -0.706. The first-order valence-corrected chi connectivity index (χ1v) is 14.4. The second kappa shape index (κ2) is 13.8. The summed E-state index contributed by atoms with van der Waals surface area (Å²) in [5, 5.41) is -0.372. The summed E-state index contributed by atoms with van der Waals surface area (Å²) in [6.45, 7) is 4.05. The van der Waals surface area contributed by atoms with E-state index in [1.165, 1.54) is 32.5 Å². The summed E-state index contributed by atoms with van der Waals surface area (Å²) < 4.78 is 16.8. The van der Waals surface area contributed by atoms with Gasteiger partial charge in [0.05, 0.1) is 9.83 Å². The lowest BCUT2D eigenvalue weighted by Crippen LogP contribution is -2.46. The van der Waals surface area contributed by atoms with Gasteiger partial charge in [0, 0.05) is 38.0 Å². The fraction of sp³-hybridized carbons (Fsp3) is 0.423.